The highest BCUT2D eigenvalue weighted by Gasteiger charge is 2.17. The summed E-state index contributed by atoms with van der Waals surface area (Å²) in [5.74, 6) is -5.11. The number of anilines is 2. The van der Waals surface area contributed by atoms with Gasteiger partial charge in [-0.25, -0.2) is 23.1 Å². The Labute approximate surface area is 146 Å². The predicted octanol–water partition coefficient (Wildman–Crippen LogP) is 3.15. The number of amides is 1. The number of rotatable bonds is 5. The molecular weight excluding hydrogens is 347 g/mol. The number of hydrogen-bond acceptors (Lipinski definition) is 5. The van der Waals surface area contributed by atoms with E-state index in [2.05, 4.69) is 25.6 Å². The Morgan fingerprint density at radius 2 is 1.88 bits per heavy atom. The second-order valence-corrected chi connectivity index (χ2v) is 5.16. The van der Waals surface area contributed by atoms with Crippen LogP contribution in [0.2, 0.25) is 0 Å². The van der Waals surface area contributed by atoms with Gasteiger partial charge in [-0.3, -0.25) is 9.78 Å². The van der Waals surface area contributed by atoms with E-state index in [1.54, 1.807) is 18.5 Å². The molecule has 2 N–H and O–H groups in total. The highest BCUT2D eigenvalue weighted by molar-refractivity contribution is 6.03. The van der Waals surface area contributed by atoms with Gasteiger partial charge in [0.2, 0.25) is 5.95 Å². The molecule has 6 nitrogen and oxygen atoms in total. The van der Waals surface area contributed by atoms with Crippen LogP contribution in [0.25, 0.3) is 0 Å². The second kappa shape index (κ2) is 7.60. The summed E-state index contributed by atoms with van der Waals surface area (Å²) in [5, 5.41) is 5.07. The van der Waals surface area contributed by atoms with Crippen LogP contribution in [0.4, 0.5) is 24.8 Å². The molecule has 132 valence electrons. The third-order valence-corrected chi connectivity index (χ3v) is 3.35. The molecule has 0 aliphatic rings. The van der Waals surface area contributed by atoms with Crippen LogP contribution in [0.1, 0.15) is 16.1 Å². The summed E-state index contributed by atoms with van der Waals surface area (Å²) in [5.41, 5.74) is 0.324. The number of nitrogens with zero attached hydrogens (tertiary/aromatic N) is 3. The lowest BCUT2D eigenvalue weighted by Crippen LogP contribution is -2.16. The normalized spacial score (nSPS) is 10.4. The smallest absolute Gasteiger partial charge is 0.274 e. The fourth-order valence-corrected chi connectivity index (χ4v) is 2.06. The third kappa shape index (κ3) is 3.94. The van der Waals surface area contributed by atoms with Crippen molar-refractivity contribution in [2.24, 2.45) is 0 Å². The average Bonchev–Trinajstić information content (AvgIpc) is 2.68. The molecule has 3 aromatic rings. The Morgan fingerprint density at radius 3 is 2.65 bits per heavy atom. The summed E-state index contributed by atoms with van der Waals surface area (Å²) in [6.07, 6.45) is 4.65. The summed E-state index contributed by atoms with van der Waals surface area (Å²) >= 11 is 0. The quantitative estimate of drug-likeness (QED) is 0.684. The number of carbonyl (C=O) groups is 1. The van der Waals surface area contributed by atoms with E-state index in [9.17, 15) is 18.0 Å². The maximum absolute atomic E-state index is 13.6. The maximum Gasteiger partial charge on any atom is 0.274 e. The van der Waals surface area contributed by atoms with Crippen LogP contribution in [0.5, 0.6) is 0 Å². The Balaban J connectivity index is 1.71. The van der Waals surface area contributed by atoms with Crippen molar-refractivity contribution in [2.75, 3.05) is 10.6 Å². The number of nitrogens with one attached hydrogen (secondary N) is 2. The lowest BCUT2D eigenvalue weighted by Gasteiger charge is -2.08. The molecule has 0 radical (unpaired) electrons. The Bertz CT molecular complexity index is 937. The zero-order valence-corrected chi connectivity index (χ0v) is 13.2. The molecule has 1 amide bonds. The molecule has 0 saturated carbocycles. The van der Waals surface area contributed by atoms with E-state index in [1.807, 2.05) is 6.07 Å². The SMILES string of the molecule is O=C(Nc1ccc(F)c(F)c1F)c1ccnc(NCc2cccnc2)n1. The minimum absolute atomic E-state index is 0.0715. The van der Waals surface area contributed by atoms with Gasteiger partial charge in [-0.1, -0.05) is 6.07 Å². The van der Waals surface area contributed by atoms with Crippen molar-refractivity contribution < 1.29 is 18.0 Å². The van der Waals surface area contributed by atoms with Gasteiger partial charge in [0.1, 0.15) is 5.69 Å². The lowest BCUT2D eigenvalue weighted by atomic mass is 10.2. The maximum atomic E-state index is 13.6. The predicted molar refractivity (Wildman–Crippen MR) is 87.9 cm³/mol. The molecular formula is C17H12F3N5O. The summed E-state index contributed by atoms with van der Waals surface area (Å²) in [6.45, 7) is 0.386. The molecule has 0 atom stereocenters. The largest absolute Gasteiger partial charge is 0.350 e. The van der Waals surface area contributed by atoms with Gasteiger partial charge >= 0.3 is 0 Å². The van der Waals surface area contributed by atoms with Crippen LogP contribution in [-0.4, -0.2) is 20.9 Å². The van der Waals surface area contributed by atoms with Gasteiger partial charge < -0.3 is 10.6 Å². The topological polar surface area (TPSA) is 79.8 Å². The van der Waals surface area contributed by atoms with Gasteiger partial charge in [-0.05, 0) is 29.8 Å². The van der Waals surface area contributed by atoms with E-state index in [1.165, 1.54) is 12.3 Å². The number of pyridine rings is 1. The summed E-state index contributed by atoms with van der Waals surface area (Å²) in [7, 11) is 0. The zero-order chi connectivity index (χ0) is 18.5. The van der Waals surface area contributed by atoms with Gasteiger partial charge in [-0.2, -0.15) is 0 Å². The van der Waals surface area contributed by atoms with E-state index in [0.29, 0.717) is 6.54 Å². The van der Waals surface area contributed by atoms with Crippen LogP contribution in [0.3, 0.4) is 0 Å². The molecule has 1 aromatic carbocycles. The van der Waals surface area contributed by atoms with Crippen molar-refractivity contribution in [3.63, 3.8) is 0 Å². The fourth-order valence-electron chi connectivity index (χ4n) is 2.06. The first-order valence-corrected chi connectivity index (χ1v) is 7.45. The highest BCUT2D eigenvalue weighted by Crippen LogP contribution is 2.20. The summed E-state index contributed by atoms with van der Waals surface area (Å²) in [6, 6.07) is 6.58. The van der Waals surface area contributed by atoms with Gasteiger partial charge in [0.05, 0.1) is 5.69 Å². The summed E-state index contributed by atoms with van der Waals surface area (Å²) < 4.78 is 39.8. The van der Waals surface area contributed by atoms with E-state index < -0.39 is 29.0 Å². The van der Waals surface area contributed by atoms with Gasteiger partial charge in [0.15, 0.2) is 17.5 Å². The van der Waals surface area contributed by atoms with Crippen LogP contribution < -0.4 is 10.6 Å². The van der Waals surface area contributed by atoms with Crippen molar-refractivity contribution >= 4 is 17.5 Å². The molecule has 0 fully saturated rings. The molecule has 0 bridgehead atoms. The molecule has 3 rings (SSSR count). The Morgan fingerprint density at radius 1 is 1.04 bits per heavy atom. The first-order valence-electron chi connectivity index (χ1n) is 7.45. The van der Waals surface area contributed by atoms with Crippen molar-refractivity contribution in [1.29, 1.82) is 0 Å². The Kier molecular flexibility index (Phi) is 5.07. The Hall–Kier alpha value is -3.49. The molecule has 0 unspecified atom stereocenters. The van der Waals surface area contributed by atoms with E-state index in [-0.39, 0.29) is 11.6 Å². The number of carbonyl (C=O) groups excluding carboxylic acids is 1. The fraction of sp³-hybridized carbons (Fsp3) is 0.0588. The lowest BCUT2D eigenvalue weighted by molar-refractivity contribution is 0.102. The monoisotopic (exact) mass is 359 g/mol. The first-order chi connectivity index (χ1) is 12.5. The third-order valence-electron chi connectivity index (χ3n) is 3.35. The minimum atomic E-state index is -1.66. The van der Waals surface area contributed by atoms with Crippen LogP contribution in [0, 0.1) is 17.5 Å². The van der Waals surface area contributed by atoms with Gasteiger partial charge in [0, 0.05) is 25.1 Å². The average molecular weight is 359 g/mol. The van der Waals surface area contributed by atoms with Crippen molar-refractivity contribution in [3.8, 4) is 0 Å². The van der Waals surface area contributed by atoms with E-state index >= 15 is 0 Å². The van der Waals surface area contributed by atoms with Crippen LogP contribution >= 0.6 is 0 Å². The number of hydrogen-bond donors (Lipinski definition) is 2. The standard InChI is InChI=1S/C17H12F3N5O/c18-11-3-4-12(15(20)14(11)19)24-16(26)13-5-7-22-17(25-13)23-9-10-2-1-6-21-8-10/h1-8H,9H2,(H,24,26)(H,22,23,25). The molecule has 0 aliphatic heterocycles. The first kappa shape index (κ1) is 17.3. The molecule has 0 saturated heterocycles. The highest BCUT2D eigenvalue weighted by atomic mass is 19.2. The molecule has 26 heavy (non-hydrogen) atoms. The van der Waals surface area contributed by atoms with Crippen LogP contribution in [0.15, 0.2) is 48.9 Å². The molecule has 0 aliphatic carbocycles. The molecule has 2 heterocycles. The second-order valence-electron chi connectivity index (χ2n) is 5.16. The van der Waals surface area contributed by atoms with Crippen molar-refractivity contribution in [2.45, 2.75) is 6.54 Å². The molecule has 0 spiro atoms. The molecule has 9 heteroatoms. The van der Waals surface area contributed by atoms with Crippen molar-refractivity contribution in [3.05, 3.63) is 77.6 Å². The minimum Gasteiger partial charge on any atom is -0.350 e. The van der Waals surface area contributed by atoms with Gasteiger partial charge in [0.25, 0.3) is 5.91 Å². The molecule has 2 aromatic heterocycles. The van der Waals surface area contributed by atoms with E-state index in [0.717, 1.165) is 17.7 Å². The number of benzene rings is 1. The van der Waals surface area contributed by atoms with Gasteiger partial charge in [-0.15, -0.1) is 0 Å². The number of halogens is 3. The van der Waals surface area contributed by atoms with E-state index in [4.69, 9.17) is 0 Å². The number of aromatic nitrogens is 3. The van der Waals surface area contributed by atoms with Crippen molar-refractivity contribution in [1.82, 2.24) is 15.0 Å². The van der Waals surface area contributed by atoms with Crippen LogP contribution in [-0.2, 0) is 6.54 Å². The zero-order valence-electron chi connectivity index (χ0n) is 13.2. The summed E-state index contributed by atoms with van der Waals surface area (Å²) in [4.78, 5) is 24.1.